The molecule has 0 aliphatic carbocycles. The number of benzene rings is 2. The molecule has 2 bridgehead atoms. The number of aromatic amines is 2. The number of allylic oxidation sites excluding steroid dienone is 5. The minimum absolute atomic E-state index is 0.0292. The summed E-state index contributed by atoms with van der Waals surface area (Å²) >= 11 is 0. The second-order valence-electron chi connectivity index (χ2n) is 16.3. The maximum absolute atomic E-state index is 13.9. The van der Waals surface area contributed by atoms with Gasteiger partial charge in [-0.05, 0) is 92.0 Å². The molecule has 4 N–H and O–H groups in total. The summed E-state index contributed by atoms with van der Waals surface area (Å²) in [5.74, 6) is 0.318. The summed E-state index contributed by atoms with van der Waals surface area (Å²) < 4.78 is 11.0. The number of imidazole rings is 2. The summed E-state index contributed by atoms with van der Waals surface area (Å²) in [6.45, 7) is 14.3. The van der Waals surface area contributed by atoms with Crippen LogP contribution in [-0.2, 0) is 23.9 Å². The van der Waals surface area contributed by atoms with Gasteiger partial charge in [0.05, 0.1) is 61.0 Å². The Balaban J connectivity index is 1.06. The predicted octanol–water partition coefficient (Wildman–Crippen LogP) is 6.83. The molecule has 5 heterocycles. The SMILES string of the molecule is C=C/C(=C\C=C(/C)c1cnc(C2C3CCC(O3)C2C(=O)N(NC(=O)OC)C(C)C)[nH]1)c1ccc2cc(-c3cnc(C4CCCN4C(=O)C(NC=O)C(C)C)[nH]3)ccc2c1. The zero-order valence-corrected chi connectivity index (χ0v) is 34.5. The van der Waals surface area contributed by atoms with Crippen LogP contribution in [0.2, 0.25) is 0 Å². The minimum Gasteiger partial charge on any atom is -0.452 e. The summed E-state index contributed by atoms with van der Waals surface area (Å²) in [5, 5.41) is 6.17. The highest BCUT2D eigenvalue weighted by Gasteiger charge is 2.55. The average Bonchev–Trinajstić information content (AvgIpc) is 4.09. The summed E-state index contributed by atoms with van der Waals surface area (Å²) in [6, 6.07) is 11.6. The van der Waals surface area contributed by atoms with Gasteiger partial charge in [0, 0.05) is 18.2 Å². The van der Waals surface area contributed by atoms with Crippen LogP contribution in [0.1, 0.15) is 95.2 Å². The van der Waals surface area contributed by atoms with E-state index in [1.807, 2.05) is 63.9 Å². The number of hydrogen-bond acceptors (Lipinski definition) is 8. The lowest BCUT2D eigenvalue weighted by Gasteiger charge is -2.33. The monoisotopic (exact) mass is 802 g/mol. The van der Waals surface area contributed by atoms with Crippen LogP contribution in [0.4, 0.5) is 4.79 Å². The number of likely N-dealkylation sites (tertiary alicyclic amines) is 1. The Bertz CT molecular complexity index is 2290. The highest BCUT2D eigenvalue weighted by atomic mass is 16.5. The van der Waals surface area contributed by atoms with Gasteiger partial charge in [-0.3, -0.25) is 14.4 Å². The maximum Gasteiger partial charge on any atom is 0.425 e. The number of fused-ring (bicyclic) bond motifs is 3. The van der Waals surface area contributed by atoms with Gasteiger partial charge in [0.15, 0.2) is 0 Å². The lowest BCUT2D eigenvalue weighted by Crippen LogP contribution is -2.54. The van der Waals surface area contributed by atoms with Crippen molar-refractivity contribution in [1.82, 2.24) is 40.6 Å². The van der Waals surface area contributed by atoms with Crippen molar-refractivity contribution in [2.75, 3.05) is 13.7 Å². The van der Waals surface area contributed by atoms with Gasteiger partial charge in [-0.2, -0.15) is 0 Å². The average molecular weight is 803 g/mol. The number of nitrogens with zero attached hydrogens (tertiary/aromatic N) is 4. The molecule has 0 spiro atoms. The van der Waals surface area contributed by atoms with Crippen LogP contribution in [0.15, 0.2) is 73.6 Å². The molecule has 4 aromatic rings. The number of aromatic nitrogens is 4. The van der Waals surface area contributed by atoms with E-state index in [9.17, 15) is 19.2 Å². The van der Waals surface area contributed by atoms with Crippen LogP contribution in [0, 0.1) is 11.8 Å². The lowest BCUT2D eigenvalue weighted by molar-refractivity contribution is -0.142. The Morgan fingerprint density at radius 3 is 2.46 bits per heavy atom. The molecule has 6 unspecified atom stereocenters. The molecule has 3 aliphatic rings. The van der Waals surface area contributed by atoms with Gasteiger partial charge in [0.25, 0.3) is 0 Å². The van der Waals surface area contributed by atoms with Crippen LogP contribution >= 0.6 is 0 Å². The smallest absolute Gasteiger partial charge is 0.425 e. The van der Waals surface area contributed by atoms with Crippen LogP contribution in [0.5, 0.6) is 0 Å². The van der Waals surface area contributed by atoms with Crippen molar-refractivity contribution in [2.24, 2.45) is 11.8 Å². The Labute approximate surface area is 344 Å². The molecule has 0 radical (unpaired) electrons. The van der Waals surface area contributed by atoms with E-state index in [2.05, 4.69) is 63.7 Å². The van der Waals surface area contributed by atoms with Crippen molar-refractivity contribution in [3.63, 3.8) is 0 Å². The number of methoxy groups -OCH3 is 1. The van der Waals surface area contributed by atoms with E-state index in [1.165, 1.54) is 12.1 Å². The van der Waals surface area contributed by atoms with Gasteiger partial charge in [-0.1, -0.05) is 62.9 Å². The number of H-pyrrole nitrogens is 2. The van der Waals surface area contributed by atoms with E-state index in [-0.39, 0.29) is 47.9 Å². The number of ether oxygens (including phenoxy) is 2. The predicted molar refractivity (Wildman–Crippen MR) is 225 cm³/mol. The Kier molecular flexibility index (Phi) is 12.2. The number of carbonyl (C=O) groups excluding carboxylic acids is 4. The Hall–Kier alpha value is -6.02. The first-order valence-electron chi connectivity index (χ1n) is 20.4. The fourth-order valence-corrected chi connectivity index (χ4v) is 8.74. The molecular weight excluding hydrogens is 749 g/mol. The molecular formula is C45H54N8O6. The van der Waals surface area contributed by atoms with E-state index in [0.29, 0.717) is 18.8 Å². The van der Waals surface area contributed by atoms with Gasteiger partial charge in [-0.25, -0.2) is 25.2 Å². The van der Waals surface area contributed by atoms with E-state index < -0.39 is 18.1 Å². The van der Waals surface area contributed by atoms with Crippen LogP contribution in [-0.4, -0.2) is 92.1 Å². The molecule has 3 aliphatic heterocycles. The molecule has 3 saturated heterocycles. The molecule has 7 rings (SSSR count). The molecule has 3 fully saturated rings. The molecule has 310 valence electrons. The Morgan fingerprint density at radius 2 is 1.73 bits per heavy atom. The summed E-state index contributed by atoms with van der Waals surface area (Å²) in [5.41, 5.74) is 8.19. The van der Waals surface area contributed by atoms with Crippen molar-refractivity contribution in [3.8, 4) is 11.3 Å². The molecule has 14 heteroatoms. The van der Waals surface area contributed by atoms with Crippen molar-refractivity contribution in [1.29, 1.82) is 0 Å². The van der Waals surface area contributed by atoms with Gasteiger partial charge in [0.2, 0.25) is 18.2 Å². The first-order valence-corrected chi connectivity index (χ1v) is 20.4. The largest absolute Gasteiger partial charge is 0.452 e. The first-order chi connectivity index (χ1) is 28.4. The third-order valence-corrected chi connectivity index (χ3v) is 11.9. The fourth-order valence-electron chi connectivity index (χ4n) is 8.74. The third-order valence-electron chi connectivity index (χ3n) is 11.9. The molecule has 2 aromatic carbocycles. The van der Waals surface area contributed by atoms with Gasteiger partial charge >= 0.3 is 6.09 Å². The minimum atomic E-state index is -0.700. The topological polar surface area (TPSA) is 175 Å². The fraction of sp³-hybridized carbons (Fsp3) is 0.422. The van der Waals surface area contributed by atoms with Gasteiger partial charge < -0.3 is 29.7 Å². The van der Waals surface area contributed by atoms with E-state index in [0.717, 1.165) is 75.9 Å². The normalized spacial score (nSPS) is 22.2. The maximum atomic E-state index is 13.9. The highest BCUT2D eigenvalue weighted by Crippen LogP contribution is 2.49. The zero-order chi connectivity index (χ0) is 42.0. The number of nitrogens with one attached hydrogen (secondary N) is 4. The standard InChI is InChI=1S/C45H54N8O6/c1-8-28(12-11-27(6)33-22-47-42(49-33)38-36-17-18-37(59-36)39(38)43(55)53(26(4)5)51-45(57)58-7)29-13-14-31-21-32(16-15-30(31)20-29)34-23-46-41(50-34)35-10-9-19-52(35)44(56)40(25(2)3)48-24-54/h8,11-16,20-26,35-40H,1,9-10,17-19H2,2-7H3,(H,46,50)(H,47,49)(H,48,54)(H,51,57)/b27-11+,28-12+. The zero-order valence-electron chi connectivity index (χ0n) is 34.5. The molecule has 2 aromatic heterocycles. The number of hydrogen-bond donors (Lipinski definition) is 4. The number of carbonyl (C=O) groups is 4. The second kappa shape index (κ2) is 17.5. The van der Waals surface area contributed by atoms with Crippen molar-refractivity contribution in [2.45, 2.75) is 96.6 Å². The van der Waals surface area contributed by atoms with E-state index >= 15 is 0 Å². The van der Waals surface area contributed by atoms with Crippen molar-refractivity contribution in [3.05, 3.63) is 96.5 Å². The quantitative estimate of drug-likeness (QED) is 0.0647. The van der Waals surface area contributed by atoms with E-state index in [1.54, 1.807) is 6.20 Å². The second-order valence-corrected chi connectivity index (χ2v) is 16.3. The summed E-state index contributed by atoms with van der Waals surface area (Å²) in [4.78, 5) is 68.7. The Morgan fingerprint density at radius 1 is 0.983 bits per heavy atom. The molecule has 0 saturated carbocycles. The molecule has 14 nitrogen and oxygen atoms in total. The molecule has 59 heavy (non-hydrogen) atoms. The third kappa shape index (κ3) is 8.31. The number of amides is 4. The lowest BCUT2D eigenvalue weighted by atomic mass is 9.78. The molecule has 6 atom stereocenters. The van der Waals surface area contributed by atoms with Gasteiger partial charge in [-0.15, -0.1) is 0 Å². The summed E-state index contributed by atoms with van der Waals surface area (Å²) in [7, 11) is 1.27. The van der Waals surface area contributed by atoms with Crippen LogP contribution in [0.3, 0.4) is 0 Å². The summed E-state index contributed by atoms with van der Waals surface area (Å²) in [6.07, 6.45) is 12.3. The van der Waals surface area contributed by atoms with Crippen molar-refractivity contribution >= 4 is 46.2 Å². The van der Waals surface area contributed by atoms with Crippen LogP contribution < -0.4 is 10.7 Å². The molecule has 4 amide bonds. The van der Waals surface area contributed by atoms with Crippen LogP contribution in [0.25, 0.3) is 33.2 Å². The first kappa shape index (κ1) is 41.2. The number of hydrazine groups is 1. The van der Waals surface area contributed by atoms with Crippen molar-refractivity contribution < 1.29 is 28.7 Å². The highest BCUT2D eigenvalue weighted by molar-refractivity contribution is 5.91. The number of rotatable bonds is 13. The van der Waals surface area contributed by atoms with E-state index in [4.69, 9.17) is 19.4 Å². The van der Waals surface area contributed by atoms with Gasteiger partial charge in [0.1, 0.15) is 17.7 Å².